The molecule has 0 bridgehead atoms. The summed E-state index contributed by atoms with van der Waals surface area (Å²) >= 11 is 0. The van der Waals surface area contributed by atoms with Crippen molar-refractivity contribution in [2.24, 2.45) is 0 Å². The normalized spacial score (nSPS) is 13.7. The number of rotatable bonds is 0. The summed E-state index contributed by atoms with van der Waals surface area (Å²) in [7, 11) is 0. The third-order valence-electron chi connectivity index (χ3n) is 0.425. The summed E-state index contributed by atoms with van der Waals surface area (Å²) in [5.74, 6) is 0. The van der Waals surface area contributed by atoms with E-state index in [0.29, 0.717) is 0 Å². The van der Waals surface area contributed by atoms with Gasteiger partial charge in [-0.25, -0.2) is 0 Å². The molecule has 1 radical (unpaired) electrons. The minimum atomic E-state index is 0. The Balaban J connectivity index is 0.000000360. The van der Waals surface area contributed by atoms with Crippen LogP contribution in [0.1, 0.15) is 0 Å². The van der Waals surface area contributed by atoms with E-state index >= 15 is 0 Å². The Morgan fingerprint density at radius 2 is 1.00 bits per heavy atom. The van der Waals surface area contributed by atoms with Crippen LogP contribution in [0.15, 0.2) is 25.0 Å². The van der Waals surface area contributed by atoms with E-state index in [-0.39, 0.29) is 29.6 Å². The second-order valence-corrected chi connectivity index (χ2v) is 0.816. The molecule has 0 aliphatic carbocycles. The Morgan fingerprint density at radius 1 is 0.714 bits per heavy atom. The fourth-order valence-corrected chi connectivity index (χ4v) is 0.219. The van der Waals surface area contributed by atoms with Crippen molar-refractivity contribution in [3.63, 3.8) is 0 Å². The van der Waals surface area contributed by atoms with Crippen molar-refractivity contribution in [1.29, 1.82) is 0 Å². The van der Waals surface area contributed by atoms with Gasteiger partial charge in [0.25, 0.3) is 0 Å². The van der Waals surface area contributed by atoms with Gasteiger partial charge in [0.2, 0.25) is 0 Å². The molecule has 0 atom stereocenters. The Bertz CT molecular complexity index is 67.7. The zero-order valence-electron chi connectivity index (χ0n) is 4.13. The van der Waals surface area contributed by atoms with E-state index in [1.54, 1.807) is 0 Å². The van der Waals surface area contributed by atoms with Gasteiger partial charge < -0.3 is 9.47 Å². The summed E-state index contributed by atoms with van der Waals surface area (Å²) in [5, 5.41) is 0. The van der Waals surface area contributed by atoms with Crippen LogP contribution >= 0.6 is 0 Å². The maximum atomic E-state index is 4.58. The van der Waals surface area contributed by atoms with Gasteiger partial charge in [-0.1, -0.05) is 0 Å². The molecule has 3 heteroatoms. The van der Waals surface area contributed by atoms with Gasteiger partial charge in [0.1, 0.15) is 25.0 Å². The molecule has 1 rings (SSSR count). The molecule has 1 aliphatic rings. The molecule has 7 heavy (non-hydrogen) atoms. The van der Waals surface area contributed by atoms with Gasteiger partial charge in [-0.3, -0.25) is 0 Å². The fourth-order valence-electron chi connectivity index (χ4n) is 0.219. The molecule has 1 aliphatic heterocycles. The Morgan fingerprint density at radius 3 is 1.14 bits per heavy atom. The first-order valence-corrected chi connectivity index (χ1v) is 1.61. The zero-order chi connectivity index (χ0) is 4.24. The molecule has 33 valence electrons. The van der Waals surface area contributed by atoms with E-state index in [4.69, 9.17) is 0 Å². The Kier molecular flexibility index (Phi) is 4.29. The average Bonchev–Trinajstić information content (AvgIpc) is 1.72. The van der Waals surface area contributed by atoms with Gasteiger partial charge in [0.05, 0.1) is 0 Å². The molecule has 0 aromatic carbocycles. The van der Waals surface area contributed by atoms with Gasteiger partial charge in [-0.15, -0.1) is 0 Å². The maximum Gasteiger partial charge on any atom is 0.125 e. The predicted molar refractivity (Wildman–Crippen MR) is 26.2 cm³/mol. The summed E-state index contributed by atoms with van der Waals surface area (Å²) in [4.78, 5) is 0. The minimum absolute atomic E-state index is 0. The SMILES string of the molecule is C1=COC=CO1.[Na]. The molecule has 0 saturated heterocycles. The average molecular weight is 107 g/mol. The number of hydrogen-bond acceptors (Lipinski definition) is 2. The van der Waals surface area contributed by atoms with Crippen molar-refractivity contribution in [3.05, 3.63) is 25.0 Å². The van der Waals surface area contributed by atoms with Crippen molar-refractivity contribution < 1.29 is 9.47 Å². The standard InChI is InChI=1S/C4H4O2.Na/c1-2-6-4-3-5-1;/h1-4H;. The predicted octanol–water partition coefficient (Wildman–Crippen LogP) is 0.595. The third kappa shape index (κ3) is 2.74. The van der Waals surface area contributed by atoms with Crippen molar-refractivity contribution in [3.8, 4) is 0 Å². The van der Waals surface area contributed by atoms with E-state index in [2.05, 4.69) is 9.47 Å². The van der Waals surface area contributed by atoms with E-state index in [0.717, 1.165) is 0 Å². The second-order valence-electron chi connectivity index (χ2n) is 0.816. The number of hydrogen-bond donors (Lipinski definition) is 0. The van der Waals surface area contributed by atoms with Crippen LogP contribution in [0.2, 0.25) is 0 Å². The molecule has 0 saturated carbocycles. The molecule has 2 nitrogen and oxygen atoms in total. The van der Waals surface area contributed by atoms with Crippen LogP contribution in [-0.4, -0.2) is 29.6 Å². The Hall–Kier alpha value is 0.0800. The van der Waals surface area contributed by atoms with E-state index in [1.807, 2.05) is 0 Å². The monoisotopic (exact) mass is 107 g/mol. The van der Waals surface area contributed by atoms with Crippen molar-refractivity contribution in [2.45, 2.75) is 0 Å². The smallest absolute Gasteiger partial charge is 0.125 e. The van der Waals surface area contributed by atoms with Crippen LogP contribution in [0.5, 0.6) is 0 Å². The summed E-state index contributed by atoms with van der Waals surface area (Å²) in [5.41, 5.74) is 0. The largest absolute Gasteiger partial charge is 0.466 e. The molecule has 0 amide bonds. The van der Waals surface area contributed by atoms with Crippen molar-refractivity contribution in [2.75, 3.05) is 0 Å². The van der Waals surface area contributed by atoms with Crippen LogP contribution in [0, 0.1) is 0 Å². The third-order valence-corrected chi connectivity index (χ3v) is 0.425. The molecule has 0 N–H and O–H groups in total. The maximum absolute atomic E-state index is 4.58. The first-order valence-electron chi connectivity index (χ1n) is 1.61. The van der Waals surface area contributed by atoms with Crippen LogP contribution in [0.25, 0.3) is 0 Å². The summed E-state index contributed by atoms with van der Waals surface area (Å²) < 4.78 is 9.17. The van der Waals surface area contributed by atoms with E-state index in [9.17, 15) is 0 Å². The van der Waals surface area contributed by atoms with E-state index < -0.39 is 0 Å². The van der Waals surface area contributed by atoms with Crippen molar-refractivity contribution >= 4 is 29.6 Å². The molecule has 0 aromatic heterocycles. The molecule has 0 spiro atoms. The molecular formula is C4H4NaO2. The molecule has 0 unspecified atom stereocenters. The minimum Gasteiger partial charge on any atom is -0.466 e. The van der Waals surface area contributed by atoms with Crippen LogP contribution in [0.4, 0.5) is 0 Å². The topological polar surface area (TPSA) is 18.5 Å². The van der Waals surface area contributed by atoms with Gasteiger partial charge in [0.15, 0.2) is 0 Å². The van der Waals surface area contributed by atoms with Crippen LogP contribution < -0.4 is 0 Å². The van der Waals surface area contributed by atoms with Gasteiger partial charge in [0, 0.05) is 29.6 Å². The molecule has 0 aromatic rings. The summed E-state index contributed by atoms with van der Waals surface area (Å²) in [6.07, 6.45) is 5.83. The summed E-state index contributed by atoms with van der Waals surface area (Å²) in [6.45, 7) is 0. The van der Waals surface area contributed by atoms with Gasteiger partial charge >= 0.3 is 0 Å². The van der Waals surface area contributed by atoms with Gasteiger partial charge in [-0.05, 0) is 0 Å². The van der Waals surface area contributed by atoms with Gasteiger partial charge in [-0.2, -0.15) is 0 Å². The first kappa shape index (κ1) is 7.08. The molecule has 0 fully saturated rings. The zero-order valence-corrected chi connectivity index (χ0v) is 6.13. The fraction of sp³-hybridized carbons (Fsp3) is 0. The molecule has 1 heterocycles. The van der Waals surface area contributed by atoms with Crippen LogP contribution in [-0.2, 0) is 9.47 Å². The van der Waals surface area contributed by atoms with E-state index in [1.165, 1.54) is 25.0 Å². The quantitative estimate of drug-likeness (QED) is 0.422. The first-order chi connectivity index (χ1) is 3.00. The number of ether oxygens (including phenoxy) is 2. The molecular weight excluding hydrogens is 103 g/mol. The Labute approximate surface area is 64.1 Å². The van der Waals surface area contributed by atoms with Crippen molar-refractivity contribution in [1.82, 2.24) is 0 Å². The summed E-state index contributed by atoms with van der Waals surface area (Å²) in [6, 6.07) is 0. The second kappa shape index (κ2) is 4.24. The van der Waals surface area contributed by atoms with Crippen LogP contribution in [0.3, 0.4) is 0 Å².